The number of hydrogen-bond acceptors (Lipinski definition) is 5. The zero-order chi connectivity index (χ0) is 15.4. The number of nitrogens with zero attached hydrogens (tertiary/aromatic N) is 2. The summed E-state index contributed by atoms with van der Waals surface area (Å²) in [4.78, 5) is 25.9. The van der Waals surface area contributed by atoms with Crippen LogP contribution in [0.2, 0.25) is 5.02 Å². The number of anilines is 1. The number of carbonyl (C=O) groups is 1. The molecule has 0 bridgehead atoms. The van der Waals surface area contributed by atoms with Gasteiger partial charge in [0.15, 0.2) is 0 Å². The number of hydrogen-bond donors (Lipinski definition) is 2. The molecule has 0 radical (unpaired) electrons. The molecule has 0 atom stereocenters. The van der Waals surface area contributed by atoms with Gasteiger partial charge < -0.3 is 11.1 Å². The SMILES string of the molecule is Nc1ccc(Cl)c(C(=O)NCc2ccc([N+](=O)[O-])cc2)n1. The van der Waals surface area contributed by atoms with Crippen LogP contribution in [0, 0.1) is 10.1 Å². The van der Waals surface area contributed by atoms with Gasteiger partial charge in [-0.25, -0.2) is 4.98 Å². The van der Waals surface area contributed by atoms with E-state index in [1.54, 1.807) is 12.1 Å². The molecule has 1 amide bonds. The Bertz CT molecular complexity index is 688. The smallest absolute Gasteiger partial charge is 0.271 e. The fourth-order valence-electron chi connectivity index (χ4n) is 1.62. The standard InChI is InChI=1S/C13H11ClN4O3/c14-10-5-6-11(15)17-12(10)13(19)16-7-8-1-3-9(4-2-8)18(20)21/h1-6H,7H2,(H2,15,17)(H,16,19). The summed E-state index contributed by atoms with van der Waals surface area (Å²) in [5, 5.41) is 13.4. The normalized spacial score (nSPS) is 10.1. The number of aromatic nitrogens is 1. The van der Waals surface area contributed by atoms with E-state index in [4.69, 9.17) is 17.3 Å². The summed E-state index contributed by atoms with van der Waals surface area (Å²) < 4.78 is 0. The number of nitrogens with one attached hydrogen (secondary N) is 1. The molecule has 0 aliphatic carbocycles. The van der Waals surface area contributed by atoms with Crippen molar-refractivity contribution in [3.8, 4) is 0 Å². The highest BCUT2D eigenvalue weighted by molar-refractivity contribution is 6.33. The van der Waals surface area contributed by atoms with E-state index >= 15 is 0 Å². The molecule has 0 spiro atoms. The van der Waals surface area contributed by atoms with Gasteiger partial charge in [-0.3, -0.25) is 14.9 Å². The van der Waals surface area contributed by atoms with Gasteiger partial charge in [0.1, 0.15) is 11.5 Å². The lowest BCUT2D eigenvalue weighted by molar-refractivity contribution is -0.384. The first kappa shape index (κ1) is 14.7. The molecule has 1 aromatic heterocycles. The molecule has 0 aliphatic heterocycles. The topological polar surface area (TPSA) is 111 Å². The van der Waals surface area contributed by atoms with Gasteiger partial charge in [0.05, 0.1) is 9.95 Å². The molecule has 7 nitrogen and oxygen atoms in total. The predicted octanol–water partition coefficient (Wildman–Crippen LogP) is 2.16. The molecule has 2 aromatic rings. The van der Waals surface area contributed by atoms with Crippen LogP contribution in [0.15, 0.2) is 36.4 Å². The number of amides is 1. The number of pyridine rings is 1. The number of rotatable bonds is 4. The molecule has 0 fully saturated rings. The van der Waals surface area contributed by atoms with Crippen LogP contribution in [0.3, 0.4) is 0 Å². The molecule has 8 heteroatoms. The second-order valence-electron chi connectivity index (χ2n) is 4.17. The van der Waals surface area contributed by atoms with Crippen LogP contribution >= 0.6 is 11.6 Å². The largest absolute Gasteiger partial charge is 0.384 e. The van der Waals surface area contributed by atoms with Crippen LogP contribution < -0.4 is 11.1 Å². The van der Waals surface area contributed by atoms with Crippen molar-refractivity contribution in [1.82, 2.24) is 10.3 Å². The first-order valence-electron chi connectivity index (χ1n) is 5.91. The number of nitrogens with two attached hydrogens (primary N) is 1. The third-order valence-corrected chi connectivity index (χ3v) is 2.99. The maximum Gasteiger partial charge on any atom is 0.271 e. The summed E-state index contributed by atoms with van der Waals surface area (Å²) in [7, 11) is 0. The number of halogens is 1. The van der Waals surface area contributed by atoms with Crippen LogP contribution in [0.25, 0.3) is 0 Å². The van der Waals surface area contributed by atoms with Crippen LogP contribution in [-0.2, 0) is 6.54 Å². The highest BCUT2D eigenvalue weighted by Crippen LogP contribution is 2.15. The van der Waals surface area contributed by atoms with Crippen molar-refractivity contribution >= 4 is 29.0 Å². The second-order valence-corrected chi connectivity index (χ2v) is 4.58. The quantitative estimate of drug-likeness (QED) is 0.664. The first-order chi connectivity index (χ1) is 9.97. The Kier molecular flexibility index (Phi) is 4.34. The van der Waals surface area contributed by atoms with Crippen molar-refractivity contribution in [3.63, 3.8) is 0 Å². The average molecular weight is 307 g/mol. The van der Waals surface area contributed by atoms with Gasteiger partial charge in [-0.2, -0.15) is 0 Å². The molecule has 1 heterocycles. The lowest BCUT2D eigenvalue weighted by Crippen LogP contribution is -2.24. The molecule has 2 rings (SSSR count). The second kappa shape index (κ2) is 6.19. The van der Waals surface area contributed by atoms with Gasteiger partial charge in [-0.1, -0.05) is 23.7 Å². The van der Waals surface area contributed by atoms with E-state index in [1.165, 1.54) is 24.3 Å². The summed E-state index contributed by atoms with van der Waals surface area (Å²) in [5.74, 6) is -0.273. The van der Waals surface area contributed by atoms with E-state index in [-0.39, 0.29) is 28.8 Å². The lowest BCUT2D eigenvalue weighted by Gasteiger charge is -2.06. The molecular weight excluding hydrogens is 296 g/mol. The highest BCUT2D eigenvalue weighted by Gasteiger charge is 2.12. The zero-order valence-corrected chi connectivity index (χ0v) is 11.5. The summed E-state index contributed by atoms with van der Waals surface area (Å²) in [5.41, 5.74) is 6.25. The number of nitro benzene ring substituents is 1. The third kappa shape index (κ3) is 3.67. The monoisotopic (exact) mass is 306 g/mol. The molecule has 21 heavy (non-hydrogen) atoms. The van der Waals surface area contributed by atoms with E-state index in [1.807, 2.05) is 0 Å². The third-order valence-electron chi connectivity index (χ3n) is 2.68. The molecule has 0 unspecified atom stereocenters. The van der Waals surface area contributed by atoms with E-state index in [9.17, 15) is 14.9 Å². The van der Waals surface area contributed by atoms with Gasteiger partial charge in [-0.05, 0) is 17.7 Å². The number of nitrogen functional groups attached to an aromatic ring is 1. The van der Waals surface area contributed by atoms with Crippen molar-refractivity contribution in [1.29, 1.82) is 0 Å². The van der Waals surface area contributed by atoms with Crippen LogP contribution in [0.1, 0.15) is 16.1 Å². The van der Waals surface area contributed by atoms with Gasteiger partial charge in [0.2, 0.25) is 0 Å². The fraction of sp³-hybridized carbons (Fsp3) is 0.0769. The van der Waals surface area contributed by atoms with Gasteiger partial charge in [0.25, 0.3) is 11.6 Å². The summed E-state index contributed by atoms with van der Waals surface area (Å²) in [6.07, 6.45) is 0. The molecule has 3 N–H and O–H groups in total. The Labute approximate surface area is 124 Å². The predicted molar refractivity (Wildman–Crippen MR) is 77.9 cm³/mol. The molecular formula is C13H11ClN4O3. The molecule has 0 aliphatic rings. The Morgan fingerprint density at radius 2 is 1.95 bits per heavy atom. The number of carbonyl (C=O) groups excluding carboxylic acids is 1. The Hall–Kier alpha value is -2.67. The van der Waals surface area contributed by atoms with Crippen LogP contribution in [0.4, 0.5) is 11.5 Å². The molecule has 0 saturated carbocycles. The summed E-state index contributed by atoms with van der Waals surface area (Å²) in [6, 6.07) is 8.85. The molecule has 1 aromatic carbocycles. The summed E-state index contributed by atoms with van der Waals surface area (Å²) >= 11 is 5.87. The van der Waals surface area contributed by atoms with Crippen LogP contribution in [0.5, 0.6) is 0 Å². The minimum atomic E-state index is -0.487. The zero-order valence-electron chi connectivity index (χ0n) is 10.7. The Balaban J connectivity index is 2.04. The Morgan fingerprint density at radius 3 is 2.57 bits per heavy atom. The van der Waals surface area contributed by atoms with Crippen molar-refractivity contribution in [2.75, 3.05) is 5.73 Å². The van der Waals surface area contributed by atoms with Gasteiger partial charge in [-0.15, -0.1) is 0 Å². The van der Waals surface area contributed by atoms with Crippen molar-refractivity contribution < 1.29 is 9.72 Å². The van der Waals surface area contributed by atoms with E-state index < -0.39 is 10.8 Å². The van der Waals surface area contributed by atoms with Crippen molar-refractivity contribution in [2.24, 2.45) is 0 Å². The highest BCUT2D eigenvalue weighted by atomic mass is 35.5. The van der Waals surface area contributed by atoms with E-state index in [0.717, 1.165) is 0 Å². The lowest BCUT2D eigenvalue weighted by atomic mass is 10.2. The van der Waals surface area contributed by atoms with E-state index in [0.29, 0.717) is 5.56 Å². The van der Waals surface area contributed by atoms with Gasteiger partial charge in [0, 0.05) is 18.7 Å². The maximum absolute atomic E-state index is 11.9. The number of non-ortho nitro benzene ring substituents is 1. The molecule has 108 valence electrons. The maximum atomic E-state index is 11.9. The molecule has 0 saturated heterocycles. The van der Waals surface area contributed by atoms with Crippen LogP contribution in [-0.4, -0.2) is 15.8 Å². The number of benzene rings is 1. The summed E-state index contributed by atoms with van der Waals surface area (Å²) in [6.45, 7) is 0.198. The first-order valence-corrected chi connectivity index (χ1v) is 6.28. The Morgan fingerprint density at radius 1 is 1.29 bits per heavy atom. The fourth-order valence-corrected chi connectivity index (χ4v) is 1.81. The minimum Gasteiger partial charge on any atom is -0.384 e. The van der Waals surface area contributed by atoms with Crippen molar-refractivity contribution in [2.45, 2.75) is 6.54 Å². The minimum absolute atomic E-state index is 0.00868. The number of nitro groups is 1. The van der Waals surface area contributed by atoms with Gasteiger partial charge >= 0.3 is 0 Å². The van der Waals surface area contributed by atoms with Crippen molar-refractivity contribution in [3.05, 3.63) is 62.8 Å². The average Bonchev–Trinajstić information content (AvgIpc) is 2.47. The van der Waals surface area contributed by atoms with E-state index in [2.05, 4.69) is 10.3 Å².